The number of hydrogen-bond acceptors (Lipinski definition) is 2. The standard InChI is InChI=1S/C15H12O2/c1-17-15-9-7-12(8-10-15)5-6-13-3-2-4-14(16)11-13/h2-4,7-11,16H,1H3. The molecule has 0 bridgehead atoms. The van der Waals surface area contributed by atoms with Gasteiger partial charge in [-0.2, -0.15) is 0 Å². The van der Waals surface area contributed by atoms with Crippen LogP contribution in [0.3, 0.4) is 0 Å². The molecule has 0 radical (unpaired) electrons. The van der Waals surface area contributed by atoms with Gasteiger partial charge in [-0.25, -0.2) is 0 Å². The predicted molar refractivity (Wildman–Crippen MR) is 67.1 cm³/mol. The molecule has 0 aliphatic rings. The average molecular weight is 224 g/mol. The number of phenols is 1. The quantitative estimate of drug-likeness (QED) is 0.755. The number of phenolic OH excluding ortho intramolecular Hbond substituents is 1. The largest absolute Gasteiger partial charge is 0.508 e. The fraction of sp³-hybridized carbons (Fsp3) is 0.0667. The van der Waals surface area contributed by atoms with Gasteiger partial charge < -0.3 is 9.84 Å². The monoisotopic (exact) mass is 224 g/mol. The summed E-state index contributed by atoms with van der Waals surface area (Å²) in [6.45, 7) is 0. The Morgan fingerprint density at radius 2 is 1.65 bits per heavy atom. The van der Waals surface area contributed by atoms with E-state index in [1.165, 1.54) is 0 Å². The summed E-state index contributed by atoms with van der Waals surface area (Å²) in [6.07, 6.45) is 0. The minimum atomic E-state index is 0.228. The van der Waals surface area contributed by atoms with E-state index in [4.69, 9.17) is 4.74 Å². The Hall–Kier alpha value is -2.40. The third-order valence-corrected chi connectivity index (χ3v) is 2.29. The maximum Gasteiger partial charge on any atom is 0.118 e. The van der Waals surface area contributed by atoms with Crippen molar-refractivity contribution in [3.05, 3.63) is 59.7 Å². The zero-order valence-electron chi connectivity index (χ0n) is 9.47. The van der Waals surface area contributed by atoms with Gasteiger partial charge in [0.05, 0.1) is 7.11 Å². The molecular formula is C15H12O2. The summed E-state index contributed by atoms with van der Waals surface area (Å²) in [5, 5.41) is 9.29. The second-order valence-electron chi connectivity index (χ2n) is 3.53. The van der Waals surface area contributed by atoms with Gasteiger partial charge in [0.1, 0.15) is 11.5 Å². The Labute approximate surface area is 100 Å². The molecule has 0 amide bonds. The maximum atomic E-state index is 9.29. The van der Waals surface area contributed by atoms with E-state index < -0.39 is 0 Å². The van der Waals surface area contributed by atoms with E-state index in [0.29, 0.717) is 0 Å². The van der Waals surface area contributed by atoms with E-state index in [1.807, 2.05) is 30.3 Å². The second kappa shape index (κ2) is 5.09. The summed E-state index contributed by atoms with van der Waals surface area (Å²) in [5.74, 6) is 7.05. The van der Waals surface area contributed by atoms with Gasteiger partial charge in [0, 0.05) is 11.1 Å². The van der Waals surface area contributed by atoms with Crippen LogP contribution in [0.5, 0.6) is 11.5 Å². The fourth-order valence-corrected chi connectivity index (χ4v) is 1.40. The van der Waals surface area contributed by atoms with Crippen LogP contribution in [-0.4, -0.2) is 12.2 Å². The Kier molecular flexibility index (Phi) is 3.32. The molecule has 2 nitrogen and oxygen atoms in total. The molecule has 2 heteroatoms. The van der Waals surface area contributed by atoms with E-state index >= 15 is 0 Å². The number of hydrogen-bond donors (Lipinski definition) is 1. The number of rotatable bonds is 1. The van der Waals surface area contributed by atoms with Crippen LogP contribution in [0.15, 0.2) is 48.5 Å². The molecule has 0 saturated heterocycles. The summed E-state index contributed by atoms with van der Waals surface area (Å²) in [4.78, 5) is 0. The van der Waals surface area contributed by atoms with E-state index in [9.17, 15) is 5.11 Å². The third kappa shape index (κ3) is 3.02. The maximum absolute atomic E-state index is 9.29. The van der Waals surface area contributed by atoms with Crippen molar-refractivity contribution in [2.45, 2.75) is 0 Å². The predicted octanol–water partition coefficient (Wildman–Crippen LogP) is 2.80. The second-order valence-corrected chi connectivity index (χ2v) is 3.53. The summed E-state index contributed by atoms with van der Waals surface area (Å²) in [5.41, 5.74) is 1.70. The van der Waals surface area contributed by atoms with Crippen LogP contribution in [0.1, 0.15) is 11.1 Å². The Balaban J connectivity index is 2.20. The molecule has 17 heavy (non-hydrogen) atoms. The van der Waals surface area contributed by atoms with Crippen molar-refractivity contribution in [1.29, 1.82) is 0 Å². The summed E-state index contributed by atoms with van der Waals surface area (Å²) >= 11 is 0. The molecule has 0 unspecified atom stereocenters. The first kappa shape index (κ1) is 11.1. The zero-order chi connectivity index (χ0) is 12.1. The molecule has 0 atom stereocenters. The van der Waals surface area contributed by atoms with E-state index in [-0.39, 0.29) is 5.75 Å². The van der Waals surface area contributed by atoms with Crippen molar-refractivity contribution in [2.24, 2.45) is 0 Å². The van der Waals surface area contributed by atoms with E-state index in [2.05, 4.69) is 11.8 Å². The van der Waals surface area contributed by atoms with Crippen LogP contribution in [0.2, 0.25) is 0 Å². The number of methoxy groups -OCH3 is 1. The summed E-state index contributed by atoms with van der Waals surface area (Å²) in [6, 6.07) is 14.4. The van der Waals surface area contributed by atoms with Crippen molar-refractivity contribution in [3.8, 4) is 23.3 Å². The highest BCUT2D eigenvalue weighted by molar-refractivity contribution is 5.45. The van der Waals surface area contributed by atoms with Crippen molar-refractivity contribution >= 4 is 0 Å². The van der Waals surface area contributed by atoms with Crippen LogP contribution < -0.4 is 4.74 Å². The highest BCUT2D eigenvalue weighted by Gasteiger charge is 1.91. The van der Waals surface area contributed by atoms with Gasteiger partial charge in [0.2, 0.25) is 0 Å². The highest BCUT2D eigenvalue weighted by Crippen LogP contribution is 2.12. The lowest BCUT2D eigenvalue weighted by Crippen LogP contribution is -1.82. The van der Waals surface area contributed by atoms with Gasteiger partial charge in [-0.1, -0.05) is 17.9 Å². The van der Waals surface area contributed by atoms with Crippen molar-refractivity contribution in [1.82, 2.24) is 0 Å². The Morgan fingerprint density at radius 3 is 2.29 bits per heavy atom. The molecule has 0 aromatic heterocycles. The number of benzene rings is 2. The molecule has 0 aliphatic heterocycles. The number of ether oxygens (including phenoxy) is 1. The smallest absolute Gasteiger partial charge is 0.118 e. The third-order valence-electron chi connectivity index (χ3n) is 2.29. The van der Waals surface area contributed by atoms with Gasteiger partial charge in [-0.3, -0.25) is 0 Å². The first-order valence-corrected chi connectivity index (χ1v) is 5.23. The van der Waals surface area contributed by atoms with Crippen LogP contribution in [-0.2, 0) is 0 Å². The van der Waals surface area contributed by atoms with E-state index in [1.54, 1.807) is 25.3 Å². The van der Waals surface area contributed by atoms with Crippen LogP contribution >= 0.6 is 0 Å². The van der Waals surface area contributed by atoms with Crippen molar-refractivity contribution in [3.63, 3.8) is 0 Å². The molecule has 2 aromatic rings. The number of aromatic hydroxyl groups is 1. The minimum Gasteiger partial charge on any atom is -0.508 e. The topological polar surface area (TPSA) is 29.5 Å². The summed E-state index contributed by atoms with van der Waals surface area (Å²) < 4.78 is 5.07. The first-order chi connectivity index (χ1) is 8.28. The highest BCUT2D eigenvalue weighted by atomic mass is 16.5. The lowest BCUT2D eigenvalue weighted by atomic mass is 10.2. The molecule has 0 aliphatic carbocycles. The molecule has 0 spiro atoms. The Morgan fingerprint density at radius 1 is 0.941 bits per heavy atom. The summed E-state index contributed by atoms with van der Waals surface area (Å²) in [7, 11) is 1.63. The molecular weight excluding hydrogens is 212 g/mol. The van der Waals surface area contributed by atoms with Crippen LogP contribution in [0, 0.1) is 11.8 Å². The normalized spacial score (nSPS) is 9.24. The lowest BCUT2D eigenvalue weighted by molar-refractivity contribution is 0.415. The van der Waals surface area contributed by atoms with Crippen molar-refractivity contribution in [2.75, 3.05) is 7.11 Å². The molecule has 1 N–H and O–H groups in total. The first-order valence-electron chi connectivity index (χ1n) is 5.23. The molecule has 2 rings (SSSR count). The van der Waals surface area contributed by atoms with Gasteiger partial charge in [0.15, 0.2) is 0 Å². The van der Waals surface area contributed by atoms with Crippen LogP contribution in [0.4, 0.5) is 0 Å². The van der Waals surface area contributed by atoms with Crippen LogP contribution in [0.25, 0.3) is 0 Å². The van der Waals surface area contributed by atoms with Gasteiger partial charge in [0.25, 0.3) is 0 Å². The Bertz CT molecular complexity index is 559. The molecule has 0 saturated carbocycles. The molecule has 0 fully saturated rings. The van der Waals surface area contributed by atoms with Gasteiger partial charge >= 0.3 is 0 Å². The van der Waals surface area contributed by atoms with E-state index in [0.717, 1.165) is 16.9 Å². The van der Waals surface area contributed by atoms with Gasteiger partial charge in [-0.15, -0.1) is 0 Å². The average Bonchev–Trinajstić information content (AvgIpc) is 2.37. The zero-order valence-corrected chi connectivity index (χ0v) is 9.47. The van der Waals surface area contributed by atoms with Gasteiger partial charge in [-0.05, 0) is 42.5 Å². The SMILES string of the molecule is COc1ccc(C#Cc2cccc(O)c2)cc1. The van der Waals surface area contributed by atoms with Crippen molar-refractivity contribution < 1.29 is 9.84 Å². The fourth-order valence-electron chi connectivity index (χ4n) is 1.40. The minimum absolute atomic E-state index is 0.228. The lowest BCUT2D eigenvalue weighted by Gasteiger charge is -1.97. The molecule has 0 heterocycles. The molecule has 84 valence electrons. The molecule has 2 aromatic carbocycles.